The fourth-order valence-electron chi connectivity index (χ4n) is 0.881. The quantitative estimate of drug-likeness (QED) is 0.766. The first-order valence-corrected chi connectivity index (χ1v) is 5.88. The third-order valence-electron chi connectivity index (χ3n) is 1.36. The number of sulfonamides is 1. The van der Waals surface area contributed by atoms with Crippen LogP contribution in [-0.2, 0) is 10.0 Å². The normalized spacial score (nSPS) is 14.7. The Bertz CT molecular complexity index is 283. The van der Waals surface area contributed by atoms with Crippen molar-refractivity contribution in [2.75, 3.05) is 0 Å². The summed E-state index contributed by atoms with van der Waals surface area (Å²) >= 11 is 0. The lowest BCUT2D eigenvalue weighted by Gasteiger charge is -2.20. The third-order valence-corrected chi connectivity index (χ3v) is 3.25. The van der Waals surface area contributed by atoms with E-state index < -0.39 is 15.6 Å². The fourth-order valence-corrected chi connectivity index (χ4v) is 2.23. The topological polar surface area (TPSA) is 46.2 Å². The molecule has 0 aliphatic heterocycles. The van der Waals surface area contributed by atoms with E-state index in [1.54, 1.807) is 13.0 Å². The Labute approximate surface area is 81.3 Å². The molecule has 4 heteroatoms. The van der Waals surface area contributed by atoms with Gasteiger partial charge in [0.05, 0.1) is 4.91 Å². The van der Waals surface area contributed by atoms with Gasteiger partial charge in [0.15, 0.2) is 0 Å². The summed E-state index contributed by atoms with van der Waals surface area (Å²) in [4.78, 5) is 0.393. The van der Waals surface area contributed by atoms with Crippen LogP contribution < -0.4 is 4.72 Å². The van der Waals surface area contributed by atoms with E-state index >= 15 is 0 Å². The summed E-state index contributed by atoms with van der Waals surface area (Å²) in [6, 6.07) is 0. The lowest BCUT2D eigenvalue weighted by atomic mass is 10.1. The highest BCUT2D eigenvalue weighted by Gasteiger charge is 2.20. The summed E-state index contributed by atoms with van der Waals surface area (Å²) in [6.45, 7) is 8.99. The van der Waals surface area contributed by atoms with E-state index in [2.05, 4.69) is 4.72 Å². The van der Waals surface area contributed by atoms with Gasteiger partial charge in [-0.2, -0.15) is 0 Å². The van der Waals surface area contributed by atoms with Gasteiger partial charge >= 0.3 is 0 Å². The zero-order valence-electron chi connectivity index (χ0n) is 9.01. The molecule has 0 spiro atoms. The lowest BCUT2D eigenvalue weighted by molar-refractivity contribution is 0.495. The summed E-state index contributed by atoms with van der Waals surface area (Å²) in [6.07, 6.45) is 2.44. The minimum absolute atomic E-state index is 0.393. The van der Waals surface area contributed by atoms with Crippen molar-refractivity contribution in [3.63, 3.8) is 0 Å². The molecule has 0 saturated heterocycles. The fraction of sp³-hybridized carbons (Fsp3) is 0.778. The van der Waals surface area contributed by atoms with E-state index in [4.69, 9.17) is 0 Å². The molecule has 0 aromatic heterocycles. The van der Waals surface area contributed by atoms with Gasteiger partial charge in [0.2, 0.25) is 10.0 Å². The molecule has 0 bridgehead atoms. The Morgan fingerprint density at radius 1 is 1.38 bits per heavy atom. The monoisotopic (exact) mass is 205 g/mol. The van der Waals surface area contributed by atoms with Gasteiger partial charge in [-0.15, -0.1) is 0 Å². The molecule has 13 heavy (non-hydrogen) atoms. The molecule has 0 radical (unpaired) electrons. The number of hydrogen-bond donors (Lipinski definition) is 1. The van der Waals surface area contributed by atoms with E-state index in [0.29, 0.717) is 4.91 Å². The molecule has 3 nitrogen and oxygen atoms in total. The molecule has 0 amide bonds. The Hall–Kier alpha value is -0.350. The standard InChI is InChI=1S/C9H19NO2S/c1-6-7-8(2)13(11,12)10-9(3,4)5/h7,10H,6H2,1-5H3/b8-7+. The second-order valence-corrected chi connectivity index (χ2v) is 5.93. The van der Waals surface area contributed by atoms with E-state index in [1.807, 2.05) is 27.7 Å². The van der Waals surface area contributed by atoms with Crippen molar-refractivity contribution in [2.45, 2.75) is 46.6 Å². The molecule has 1 N–H and O–H groups in total. The van der Waals surface area contributed by atoms with E-state index in [0.717, 1.165) is 6.42 Å². The average molecular weight is 205 g/mol. The van der Waals surface area contributed by atoms with Gasteiger partial charge < -0.3 is 0 Å². The SMILES string of the molecule is CC/C=C(\C)S(=O)(=O)NC(C)(C)C. The Morgan fingerprint density at radius 2 is 1.85 bits per heavy atom. The molecule has 0 aromatic carbocycles. The molecular weight excluding hydrogens is 186 g/mol. The van der Waals surface area contributed by atoms with E-state index in [-0.39, 0.29) is 0 Å². The maximum Gasteiger partial charge on any atom is 0.236 e. The minimum atomic E-state index is -3.27. The van der Waals surface area contributed by atoms with Crippen molar-refractivity contribution in [3.05, 3.63) is 11.0 Å². The second kappa shape index (κ2) is 4.24. The molecule has 0 saturated carbocycles. The molecule has 0 fully saturated rings. The number of nitrogens with one attached hydrogen (secondary N) is 1. The van der Waals surface area contributed by atoms with Gasteiger partial charge in [-0.05, 0) is 34.1 Å². The first-order chi connectivity index (χ1) is 5.69. The van der Waals surface area contributed by atoms with Crippen LogP contribution in [0.1, 0.15) is 41.0 Å². The smallest absolute Gasteiger partial charge is 0.207 e. The van der Waals surface area contributed by atoms with Gasteiger partial charge in [0, 0.05) is 5.54 Å². The van der Waals surface area contributed by atoms with Crippen molar-refractivity contribution >= 4 is 10.0 Å². The van der Waals surface area contributed by atoms with Crippen LogP contribution in [0.15, 0.2) is 11.0 Å². The van der Waals surface area contributed by atoms with Gasteiger partial charge in [-0.25, -0.2) is 13.1 Å². The van der Waals surface area contributed by atoms with Crippen LogP contribution in [0, 0.1) is 0 Å². The molecule has 0 aliphatic rings. The Morgan fingerprint density at radius 3 is 2.15 bits per heavy atom. The summed E-state index contributed by atoms with van der Waals surface area (Å²) in [5.74, 6) is 0. The summed E-state index contributed by atoms with van der Waals surface area (Å²) in [7, 11) is -3.27. The Balaban J connectivity index is 4.71. The van der Waals surface area contributed by atoms with Crippen molar-refractivity contribution in [2.24, 2.45) is 0 Å². The first kappa shape index (κ1) is 12.7. The largest absolute Gasteiger partial charge is 0.236 e. The maximum atomic E-state index is 11.6. The molecule has 0 heterocycles. The highest BCUT2D eigenvalue weighted by Crippen LogP contribution is 2.09. The molecular formula is C9H19NO2S. The van der Waals surface area contributed by atoms with Crippen LogP contribution in [0.2, 0.25) is 0 Å². The molecule has 0 rings (SSSR count). The van der Waals surface area contributed by atoms with E-state index in [9.17, 15) is 8.42 Å². The van der Waals surface area contributed by atoms with Gasteiger partial charge in [0.25, 0.3) is 0 Å². The number of hydrogen-bond acceptors (Lipinski definition) is 2. The van der Waals surface area contributed by atoms with E-state index in [1.165, 1.54) is 0 Å². The van der Waals surface area contributed by atoms with Gasteiger partial charge in [-0.1, -0.05) is 13.0 Å². The van der Waals surface area contributed by atoms with Gasteiger partial charge in [0.1, 0.15) is 0 Å². The second-order valence-electron chi connectivity index (χ2n) is 4.08. The minimum Gasteiger partial charge on any atom is -0.207 e. The molecule has 0 atom stereocenters. The summed E-state index contributed by atoms with van der Waals surface area (Å²) in [5, 5.41) is 0. The van der Waals surface area contributed by atoms with Crippen LogP contribution in [0.4, 0.5) is 0 Å². The Kier molecular flexibility index (Phi) is 4.13. The van der Waals surface area contributed by atoms with Crippen molar-refractivity contribution < 1.29 is 8.42 Å². The van der Waals surface area contributed by atoms with Crippen molar-refractivity contribution in [3.8, 4) is 0 Å². The van der Waals surface area contributed by atoms with Crippen LogP contribution in [0.3, 0.4) is 0 Å². The molecule has 0 aliphatic carbocycles. The zero-order chi connectivity index (χ0) is 10.7. The highest BCUT2D eigenvalue weighted by atomic mass is 32.2. The summed E-state index contributed by atoms with van der Waals surface area (Å²) < 4.78 is 25.7. The third kappa shape index (κ3) is 5.05. The molecule has 78 valence electrons. The van der Waals surface area contributed by atoms with Crippen molar-refractivity contribution in [1.82, 2.24) is 4.72 Å². The summed E-state index contributed by atoms with van der Waals surface area (Å²) in [5.41, 5.74) is -0.415. The average Bonchev–Trinajstić information content (AvgIpc) is 1.82. The molecule has 0 aromatic rings. The predicted molar refractivity (Wildman–Crippen MR) is 55.9 cm³/mol. The van der Waals surface area contributed by atoms with Crippen molar-refractivity contribution in [1.29, 1.82) is 0 Å². The predicted octanol–water partition coefficient (Wildman–Crippen LogP) is 2.02. The molecule has 0 unspecified atom stereocenters. The van der Waals surface area contributed by atoms with Crippen LogP contribution >= 0.6 is 0 Å². The maximum absolute atomic E-state index is 11.6. The first-order valence-electron chi connectivity index (χ1n) is 4.40. The van der Waals surface area contributed by atoms with Crippen LogP contribution in [0.25, 0.3) is 0 Å². The number of allylic oxidation sites excluding steroid dienone is 2. The lowest BCUT2D eigenvalue weighted by Crippen LogP contribution is -2.40. The highest BCUT2D eigenvalue weighted by molar-refractivity contribution is 7.93. The number of rotatable bonds is 3. The van der Waals surface area contributed by atoms with Crippen LogP contribution in [0.5, 0.6) is 0 Å². The zero-order valence-corrected chi connectivity index (χ0v) is 9.83. The van der Waals surface area contributed by atoms with Crippen LogP contribution in [-0.4, -0.2) is 14.0 Å². The van der Waals surface area contributed by atoms with Gasteiger partial charge in [-0.3, -0.25) is 0 Å².